The Balaban J connectivity index is 1.52. The number of fused-ring (bicyclic) bond motifs is 1. The Bertz CT molecular complexity index is 1040. The van der Waals surface area contributed by atoms with Gasteiger partial charge in [-0.3, -0.25) is 9.36 Å². The average Bonchev–Trinajstić information content (AvgIpc) is 3.40. The molecule has 134 valence electrons. The van der Waals surface area contributed by atoms with Crippen molar-refractivity contribution in [3.8, 4) is 0 Å². The first kappa shape index (κ1) is 16.4. The third kappa shape index (κ3) is 3.22. The zero-order valence-electron chi connectivity index (χ0n) is 14.8. The number of nitrogens with one attached hydrogen (secondary N) is 2. The van der Waals surface area contributed by atoms with Gasteiger partial charge in [-0.1, -0.05) is 12.1 Å². The summed E-state index contributed by atoms with van der Waals surface area (Å²) < 4.78 is 6.65. The van der Waals surface area contributed by atoms with Crippen molar-refractivity contribution in [2.75, 3.05) is 5.32 Å². The second-order valence-electron chi connectivity index (χ2n) is 6.86. The van der Waals surface area contributed by atoms with Crippen molar-refractivity contribution >= 4 is 22.7 Å². The van der Waals surface area contributed by atoms with Gasteiger partial charge in [-0.25, -0.2) is 4.79 Å². The molecule has 0 spiro atoms. The van der Waals surface area contributed by atoms with Crippen molar-refractivity contribution in [2.24, 2.45) is 7.05 Å². The molecule has 1 saturated carbocycles. The van der Waals surface area contributed by atoms with E-state index in [0.717, 1.165) is 35.2 Å². The molecule has 1 fully saturated rings. The molecular formula is C20H21N3O3. The number of carbonyl (C=O) groups is 1. The van der Waals surface area contributed by atoms with E-state index in [-0.39, 0.29) is 11.7 Å². The van der Waals surface area contributed by atoms with E-state index < -0.39 is 0 Å². The van der Waals surface area contributed by atoms with E-state index in [1.165, 1.54) is 4.57 Å². The zero-order chi connectivity index (χ0) is 18.3. The molecule has 0 aliphatic heterocycles. The van der Waals surface area contributed by atoms with E-state index >= 15 is 0 Å². The molecule has 3 aromatic rings. The highest BCUT2D eigenvalue weighted by molar-refractivity contribution is 5.95. The summed E-state index contributed by atoms with van der Waals surface area (Å²) in [5.41, 5.74) is 5.04. The van der Waals surface area contributed by atoms with Crippen LogP contribution in [0.2, 0.25) is 0 Å². The number of amides is 1. The highest BCUT2D eigenvalue weighted by Gasteiger charge is 2.23. The standard InChI is InChI=1S/C20H21N3O3/c1-12-3-5-14(19(24)22-15-6-7-15)10-16(12)21-11-13-4-8-18-17(9-13)23(2)20(25)26-18/h3-5,8-10,15,21H,6-7,11H2,1-2H3,(H,22,24). The van der Waals surface area contributed by atoms with Crippen molar-refractivity contribution in [3.63, 3.8) is 0 Å². The first-order valence-corrected chi connectivity index (χ1v) is 8.75. The maximum atomic E-state index is 12.2. The molecule has 1 aromatic heterocycles. The van der Waals surface area contributed by atoms with Crippen LogP contribution < -0.4 is 16.4 Å². The summed E-state index contributed by atoms with van der Waals surface area (Å²) in [4.78, 5) is 23.8. The minimum Gasteiger partial charge on any atom is -0.408 e. The first-order chi connectivity index (χ1) is 12.5. The van der Waals surface area contributed by atoms with Crippen LogP contribution in [0.3, 0.4) is 0 Å². The Kier molecular flexibility index (Phi) is 4.03. The van der Waals surface area contributed by atoms with Gasteiger partial charge < -0.3 is 15.1 Å². The first-order valence-electron chi connectivity index (χ1n) is 8.75. The fourth-order valence-electron chi connectivity index (χ4n) is 2.93. The van der Waals surface area contributed by atoms with Crippen molar-refractivity contribution in [1.29, 1.82) is 0 Å². The Morgan fingerprint density at radius 2 is 2.04 bits per heavy atom. The van der Waals surface area contributed by atoms with E-state index in [0.29, 0.717) is 23.7 Å². The number of hydrogen-bond acceptors (Lipinski definition) is 4. The normalized spacial score (nSPS) is 13.8. The van der Waals surface area contributed by atoms with Crippen molar-refractivity contribution in [1.82, 2.24) is 9.88 Å². The fourth-order valence-corrected chi connectivity index (χ4v) is 2.93. The summed E-state index contributed by atoms with van der Waals surface area (Å²) in [6.45, 7) is 2.59. The smallest absolute Gasteiger partial charge is 0.408 e. The topological polar surface area (TPSA) is 76.3 Å². The molecule has 0 bridgehead atoms. The SMILES string of the molecule is Cc1ccc(C(=O)NC2CC2)cc1NCc1ccc2oc(=O)n(C)c2c1. The van der Waals surface area contributed by atoms with Crippen molar-refractivity contribution < 1.29 is 9.21 Å². The largest absolute Gasteiger partial charge is 0.419 e. The quantitative estimate of drug-likeness (QED) is 0.741. The molecular weight excluding hydrogens is 330 g/mol. The number of hydrogen-bond donors (Lipinski definition) is 2. The minimum atomic E-state index is -0.365. The second kappa shape index (κ2) is 6.37. The number of aromatic nitrogens is 1. The summed E-state index contributed by atoms with van der Waals surface area (Å²) in [6.07, 6.45) is 2.14. The molecule has 0 saturated heterocycles. The van der Waals surface area contributed by atoms with Crippen LogP contribution in [0.1, 0.15) is 34.3 Å². The Labute approximate surface area is 150 Å². The molecule has 6 heteroatoms. The van der Waals surface area contributed by atoms with Gasteiger partial charge in [0.1, 0.15) is 0 Å². The zero-order valence-corrected chi connectivity index (χ0v) is 14.8. The molecule has 2 N–H and O–H groups in total. The monoisotopic (exact) mass is 351 g/mol. The highest BCUT2D eigenvalue weighted by Crippen LogP contribution is 2.22. The van der Waals surface area contributed by atoms with Crippen LogP contribution in [-0.2, 0) is 13.6 Å². The number of oxazole rings is 1. The van der Waals surface area contributed by atoms with Gasteiger partial charge in [0.2, 0.25) is 0 Å². The van der Waals surface area contributed by atoms with Gasteiger partial charge in [0.05, 0.1) is 5.52 Å². The van der Waals surface area contributed by atoms with Crippen LogP contribution in [0.5, 0.6) is 0 Å². The van der Waals surface area contributed by atoms with Crippen molar-refractivity contribution in [3.05, 3.63) is 63.6 Å². The molecule has 0 atom stereocenters. The van der Waals surface area contributed by atoms with E-state index in [4.69, 9.17) is 4.42 Å². The van der Waals surface area contributed by atoms with Crippen LogP contribution in [0.25, 0.3) is 11.1 Å². The number of rotatable bonds is 5. The number of benzene rings is 2. The molecule has 4 rings (SSSR count). The number of aryl methyl sites for hydroxylation is 2. The molecule has 1 amide bonds. The number of nitrogens with zero attached hydrogens (tertiary/aromatic N) is 1. The average molecular weight is 351 g/mol. The van der Waals surface area contributed by atoms with Crippen molar-refractivity contribution in [2.45, 2.75) is 32.4 Å². The van der Waals surface area contributed by atoms with E-state index in [9.17, 15) is 9.59 Å². The van der Waals surface area contributed by atoms with Gasteiger partial charge in [0.15, 0.2) is 5.58 Å². The molecule has 26 heavy (non-hydrogen) atoms. The van der Waals surface area contributed by atoms with Gasteiger partial charge in [-0.15, -0.1) is 0 Å². The highest BCUT2D eigenvalue weighted by atomic mass is 16.4. The lowest BCUT2D eigenvalue weighted by atomic mass is 10.1. The predicted molar refractivity (Wildman–Crippen MR) is 100 cm³/mol. The third-order valence-electron chi connectivity index (χ3n) is 4.75. The molecule has 1 aliphatic carbocycles. The lowest BCUT2D eigenvalue weighted by molar-refractivity contribution is 0.0951. The fraction of sp³-hybridized carbons (Fsp3) is 0.300. The molecule has 2 aromatic carbocycles. The van der Waals surface area contributed by atoms with Crippen LogP contribution in [-0.4, -0.2) is 16.5 Å². The Morgan fingerprint density at radius 3 is 2.81 bits per heavy atom. The summed E-state index contributed by atoms with van der Waals surface area (Å²) in [5, 5.41) is 6.40. The molecule has 0 radical (unpaired) electrons. The van der Waals surface area contributed by atoms with Crippen LogP contribution in [0.15, 0.2) is 45.6 Å². The predicted octanol–water partition coefficient (Wildman–Crippen LogP) is 2.94. The maximum Gasteiger partial charge on any atom is 0.419 e. The van der Waals surface area contributed by atoms with Gasteiger partial charge in [0.25, 0.3) is 5.91 Å². The van der Waals surface area contributed by atoms with Gasteiger partial charge >= 0.3 is 5.76 Å². The van der Waals surface area contributed by atoms with Crippen LogP contribution in [0, 0.1) is 6.92 Å². The summed E-state index contributed by atoms with van der Waals surface area (Å²) in [7, 11) is 1.69. The van der Waals surface area contributed by atoms with Crippen LogP contribution >= 0.6 is 0 Å². The van der Waals surface area contributed by atoms with E-state index in [1.54, 1.807) is 13.1 Å². The Hall–Kier alpha value is -3.02. The summed E-state index contributed by atoms with van der Waals surface area (Å²) in [6, 6.07) is 11.7. The van der Waals surface area contributed by atoms with Gasteiger partial charge in [-0.05, 0) is 55.2 Å². The third-order valence-corrected chi connectivity index (χ3v) is 4.75. The maximum absolute atomic E-state index is 12.2. The molecule has 1 aliphatic rings. The van der Waals surface area contributed by atoms with Crippen LogP contribution in [0.4, 0.5) is 5.69 Å². The molecule has 0 unspecified atom stereocenters. The number of carbonyl (C=O) groups excluding carboxylic acids is 1. The lowest BCUT2D eigenvalue weighted by Gasteiger charge is -2.12. The minimum absolute atomic E-state index is 0.0228. The van der Waals surface area contributed by atoms with Gasteiger partial charge in [-0.2, -0.15) is 0 Å². The van der Waals surface area contributed by atoms with E-state index in [2.05, 4.69) is 10.6 Å². The molecule has 6 nitrogen and oxygen atoms in total. The lowest BCUT2D eigenvalue weighted by Crippen LogP contribution is -2.25. The Morgan fingerprint density at radius 1 is 1.23 bits per heavy atom. The summed E-state index contributed by atoms with van der Waals surface area (Å²) >= 11 is 0. The van der Waals surface area contributed by atoms with Gasteiger partial charge in [0, 0.05) is 30.9 Å². The summed E-state index contributed by atoms with van der Waals surface area (Å²) in [5.74, 6) is -0.388. The molecule has 1 heterocycles. The number of anilines is 1. The second-order valence-corrected chi connectivity index (χ2v) is 6.86. The van der Waals surface area contributed by atoms with E-state index in [1.807, 2.05) is 37.3 Å².